The zero-order chi connectivity index (χ0) is 12.6. The van der Waals surface area contributed by atoms with Crippen molar-refractivity contribution in [3.8, 4) is 5.88 Å². The van der Waals surface area contributed by atoms with Crippen LogP contribution in [0.15, 0.2) is 15.8 Å². The molecule has 90 valence electrons. The minimum Gasteiger partial charge on any atom is -0.493 e. The zero-order valence-electron chi connectivity index (χ0n) is 9.89. The molecule has 0 radical (unpaired) electrons. The number of rotatable bonds is 2. The minimum absolute atomic E-state index is 0.197. The van der Waals surface area contributed by atoms with Crippen molar-refractivity contribution >= 4 is 41.1 Å². The Kier molecular flexibility index (Phi) is 3.26. The number of aromatic nitrogens is 1. The predicted octanol–water partition coefficient (Wildman–Crippen LogP) is 3.24. The van der Waals surface area contributed by atoms with E-state index in [0.717, 1.165) is 11.4 Å². The number of hydrogen-bond acceptors (Lipinski definition) is 5. The van der Waals surface area contributed by atoms with Gasteiger partial charge in [-0.15, -0.1) is 11.3 Å². The molecule has 0 amide bonds. The van der Waals surface area contributed by atoms with Gasteiger partial charge in [0, 0.05) is 12.6 Å². The van der Waals surface area contributed by atoms with E-state index in [4.69, 9.17) is 12.2 Å². The molecule has 1 aromatic heterocycles. The quantitative estimate of drug-likeness (QED) is 0.836. The van der Waals surface area contributed by atoms with Crippen LogP contribution in [0.1, 0.15) is 25.6 Å². The fourth-order valence-electron chi connectivity index (χ4n) is 1.50. The lowest BCUT2D eigenvalue weighted by Crippen LogP contribution is -1.98. The largest absolute Gasteiger partial charge is 0.493 e. The standard InChI is InChI=1S/C11H13N3OS2/c1-4-14-10(15)8(17-11(14)16)5-9-12-6(2)7(3)13-9/h5,15H,4H2,1-3H3. The van der Waals surface area contributed by atoms with Gasteiger partial charge in [-0.2, -0.15) is 0 Å². The third kappa shape index (κ3) is 2.23. The van der Waals surface area contributed by atoms with Crippen LogP contribution in [-0.4, -0.2) is 21.1 Å². The van der Waals surface area contributed by atoms with Gasteiger partial charge in [0.2, 0.25) is 5.88 Å². The van der Waals surface area contributed by atoms with Crippen molar-refractivity contribution in [2.75, 3.05) is 0 Å². The highest BCUT2D eigenvalue weighted by atomic mass is 32.1. The van der Waals surface area contributed by atoms with Crippen molar-refractivity contribution < 1.29 is 5.11 Å². The summed E-state index contributed by atoms with van der Waals surface area (Å²) in [5.74, 6) is 0.817. The first kappa shape index (κ1) is 12.2. The van der Waals surface area contributed by atoms with Gasteiger partial charge in [-0.3, -0.25) is 4.57 Å². The summed E-state index contributed by atoms with van der Waals surface area (Å²) in [6, 6.07) is 0. The Morgan fingerprint density at radius 3 is 2.41 bits per heavy atom. The molecule has 0 bridgehead atoms. The van der Waals surface area contributed by atoms with Gasteiger partial charge in [-0.05, 0) is 33.0 Å². The van der Waals surface area contributed by atoms with E-state index >= 15 is 0 Å². The molecule has 1 N–H and O–H groups in total. The summed E-state index contributed by atoms with van der Waals surface area (Å²) >= 11 is 6.54. The first-order valence-corrected chi connectivity index (χ1v) is 6.50. The van der Waals surface area contributed by atoms with Crippen LogP contribution in [0.3, 0.4) is 0 Å². The topological polar surface area (TPSA) is 49.9 Å². The molecule has 1 aromatic rings. The summed E-state index contributed by atoms with van der Waals surface area (Å²) in [5, 5.41) is 9.97. The Hall–Kier alpha value is -1.27. The predicted molar refractivity (Wildman–Crippen MR) is 74.7 cm³/mol. The van der Waals surface area contributed by atoms with Gasteiger partial charge in [0.05, 0.1) is 16.3 Å². The molecule has 17 heavy (non-hydrogen) atoms. The van der Waals surface area contributed by atoms with Crippen LogP contribution in [0, 0.1) is 3.95 Å². The van der Waals surface area contributed by atoms with Crippen LogP contribution >= 0.6 is 23.6 Å². The molecule has 6 heteroatoms. The highest BCUT2D eigenvalue weighted by Gasteiger charge is 2.12. The lowest BCUT2D eigenvalue weighted by atomic mass is 10.3. The molecular weight excluding hydrogens is 254 g/mol. The average Bonchev–Trinajstić information content (AvgIpc) is 2.70. The molecular formula is C11H13N3OS2. The van der Waals surface area contributed by atoms with Gasteiger partial charge >= 0.3 is 0 Å². The van der Waals surface area contributed by atoms with Gasteiger partial charge in [0.25, 0.3) is 0 Å². The molecule has 0 saturated carbocycles. The van der Waals surface area contributed by atoms with E-state index in [1.807, 2.05) is 20.8 Å². The molecule has 2 heterocycles. The van der Waals surface area contributed by atoms with E-state index in [1.165, 1.54) is 11.3 Å². The monoisotopic (exact) mass is 267 g/mol. The van der Waals surface area contributed by atoms with Gasteiger partial charge < -0.3 is 5.11 Å². The van der Waals surface area contributed by atoms with Gasteiger partial charge in [-0.1, -0.05) is 0 Å². The Labute approximate surface area is 109 Å². The summed E-state index contributed by atoms with van der Waals surface area (Å²) in [4.78, 5) is 9.30. The molecule has 0 spiro atoms. The van der Waals surface area contributed by atoms with Crippen molar-refractivity contribution in [2.45, 2.75) is 27.3 Å². The summed E-state index contributed by atoms with van der Waals surface area (Å²) < 4.78 is 2.35. The average molecular weight is 267 g/mol. The molecule has 0 unspecified atom stereocenters. The van der Waals surface area contributed by atoms with E-state index in [1.54, 1.807) is 10.6 Å². The van der Waals surface area contributed by atoms with Crippen LogP contribution in [0.5, 0.6) is 5.88 Å². The minimum atomic E-state index is 0.197. The third-order valence-corrected chi connectivity index (χ3v) is 3.94. The van der Waals surface area contributed by atoms with Crippen molar-refractivity contribution in [3.63, 3.8) is 0 Å². The second-order valence-corrected chi connectivity index (χ2v) is 5.37. The fraction of sp³-hybridized carbons (Fsp3) is 0.364. The first-order valence-electron chi connectivity index (χ1n) is 5.28. The Morgan fingerprint density at radius 2 is 1.94 bits per heavy atom. The highest BCUT2D eigenvalue weighted by Crippen LogP contribution is 2.29. The fourth-order valence-corrected chi connectivity index (χ4v) is 2.86. The van der Waals surface area contributed by atoms with Crippen LogP contribution in [0.25, 0.3) is 6.08 Å². The molecule has 0 saturated heterocycles. The summed E-state index contributed by atoms with van der Waals surface area (Å²) in [5.41, 5.74) is 1.82. The molecule has 0 aromatic carbocycles. The number of aromatic hydroxyl groups is 1. The van der Waals surface area contributed by atoms with Crippen molar-refractivity contribution in [3.05, 3.63) is 14.7 Å². The van der Waals surface area contributed by atoms with Crippen LogP contribution in [0.2, 0.25) is 0 Å². The van der Waals surface area contributed by atoms with Crippen molar-refractivity contribution in [2.24, 2.45) is 9.98 Å². The van der Waals surface area contributed by atoms with E-state index in [9.17, 15) is 5.11 Å². The van der Waals surface area contributed by atoms with Crippen LogP contribution in [-0.2, 0) is 6.54 Å². The van der Waals surface area contributed by atoms with Gasteiger partial charge in [0.1, 0.15) is 0 Å². The maximum atomic E-state index is 9.97. The second-order valence-electron chi connectivity index (χ2n) is 3.70. The van der Waals surface area contributed by atoms with Crippen LogP contribution in [0.4, 0.5) is 0 Å². The van der Waals surface area contributed by atoms with E-state index in [0.29, 0.717) is 21.2 Å². The summed E-state index contributed by atoms with van der Waals surface area (Å²) in [7, 11) is 0. The molecule has 0 atom stereocenters. The second kappa shape index (κ2) is 4.54. The molecule has 4 nitrogen and oxygen atoms in total. The maximum Gasteiger partial charge on any atom is 0.210 e. The summed E-state index contributed by atoms with van der Waals surface area (Å²) in [6.07, 6.45) is 1.77. The summed E-state index contributed by atoms with van der Waals surface area (Å²) in [6.45, 7) is 6.44. The molecule has 2 rings (SSSR count). The van der Waals surface area contributed by atoms with E-state index < -0.39 is 0 Å². The Morgan fingerprint density at radius 1 is 1.35 bits per heavy atom. The highest BCUT2D eigenvalue weighted by molar-refractivity contribution is 7.73. The Bertz CT molecular complexity index is 585. The van der Waals surface area contributed by atoms with Gasteiger partial charge in [0.15, 0.2) is 9.78 Å². The molecule has 1 aliphatic heterocycles. The maximum absolute atomic E-state index is 9.97. The zero-order valence-corrected chi connectivity index (χ0v) is 11.5. The molecule has 0 fully saturated rings. The van der Waals surface area contributed by atoms with Crippen molar-refractivity contribution in [1.29, 1.82) is 0 Å². The van der Waals surface area contributed by atoms with Gasteiger partial charge in [-0.25, -0.2) is 9.98 Å². The number of aliphatic imine (C=N–C) groups is 2. The number of hydrogen-bond donors (Lipinski definition) is 1. The molecule has 1 aliphatic rings. The van der Waals surface area contributed by atoms with Crippen molar-refractivity contribution in [1.82, 2.24) is 4.57 Å². The number of nitrogens with zero attached hydrogens (tertiary/aromatic N) is 3. The third-order valence-electron chi connectivity index (χ3n) is 2.56. The molecule has 0 aliphatic carbocycles. The lowest BCUT2D eigenvalue weighted by molar-refractivity contribution is 0.419. The lowest BCUT2D eigenvalue weighted by Gasteiger charge is -1.98. The smallest absolute Gasteiger partial charge is 0.210 e. The van der Waals surface area contributed by atoms with E-state index in [-0.39, 0.29) is 5.88 Å². The SMILES string of the molecule is CCn1c(O)c(C=C2N=C(C)C(C)=N2)sc1=S. The van der Waals surface area contributed by atoms with Crippen LogP contribution < -0.4 is 0 Å². The Balaban J connectivity index is 2.45. The van der Waals surface area contributed by atoms with E-state index in [2.05, 4.69) is 9.98 Å². The first-order chi connectivity index (χ1) is 8.02. The normalized spacial score (nSPS) is 14.9. The number of thiazole rings is 1.